The van der Waals surface area contributed by atoms with Gasteiger partial charge in [-0.05, 0) is 172 Å². The molecular weight excluding hydrogens is 771 g/mol. The predicted octanol–water partition coefficient (Wildman–Crippen LogP) is 16.3. The van der Waals surface area contributed by atoms with Crippen molar-refractivity contribution in [1.82, 2.24) is 0 Å². The molecule has 0 aromatic heterocycles. The van der Waals surface area contributed by atoms with Gasteiger partial charge in [-0.3, -0.25) is 0 Å². The second kappa shape index (κ2) is 13.8. The number of rotatable bonds is 3. The van der Waals surface area contributed by atoms with E-state index in [4.69, 9.17) is 0 Å². The van der Waals surface area contributed by atoms with E-state index in [1.165, 1.54) is 102 Å². The smallest absolute Gasteiger partial charge is 0.0505 e. The van der Waals surface area contributed by atoms with Crippen molar-refractivity contribution >= 4 is 17.1 Å². The molecule has 8 aromatic carbocycles. The molecule has 3 spiro atoms. The minimum absolute atomic E-state index is 0.107. The normalized spacial score (nSPS) is 27.4. The minimum atomic E-state index is -0.154. The third kappa shape index (κ3) is 4.96. The quantitative estimate of drug-likeness (QED) is 0.172. The standard InChI is InChI=1S/C63H53N/c1-3-18-45(19-4-1)64(46-20-5-2-6-21-46)58-33-17-30-55-52-27-12-8-23-48(52)43-35-37-61(59(55)58)36-34-42-38-62(56-31-15-13-28-53(56)50-25-10-7-22-47(42)50)40-44-41-63(39-43,60(61)62)57-32-16-14-29-54(57)51-26-11-9-24-49(44)51/h1-33,42-44,60H,34-41H2. The van der Waals surface area contributed by atoms with Crippen LogP contribution in [-0.4, -0.2) is 0 Å². The third-order valence-corrected chi connectivity index (χ3v) is 17.8. The van der Waals surface area contributed by atoms with Crippen LogP contribution in [0.3, 0.4) is 0 Å². The van der Waals surface area contributed by atoms with Crippen LogP contribution in [0.1, 0.15) is 103 Å². The van der Waals surface area contributed by atoms with Gasteiger partial charge in [-0.1, -0.05) is 170 Å². The van der Waals surface area contributed by atoms with Gasteiger partial charge in [-0.25, -0.2) is 0 Å². The summed E-state index contributed by atoms with van der Waals surface area (Å²) in [6.45, 7) is 0. The lowest BCUT2D eigenvalue weighted by atomic mass is 9.40. The Hall–Kier alpha value is -6.44. The number of benzene rings is 8. The fourth-order valence-corrected chi connectivity index (χ4v) is 16.1. The van der Waals surface area contributed by atoms with Crippen LogP contribution < -0.4 is 4.90 Å². The summed E-state index contributed by atoms with van der Waals surface area (Å²) in [5.74, 6) is 1.67. The van der Waals surface area contributed by atoms with E-state index in [0.717, 1.165) is 0 Å². The third-order valence-electron chi connectivity index (χ3n) is 17.8. The molecule has 0 N–H and O–H groups in total. The summed E-state index contributed by atoms with van der Waals surface area (Å²) in [6.07, 6.45) is 9.43. The molecule has 0 aliphatic heterocycles. The first-order valence-corrected chi connectivity index (χ1v) is 24.2. The van der Waals surface area contributed by atoms with Crippen molar-refractivity contribution in [3.05, 3.63) is 234 Å². The highest BCUT2D eigenvalue weighted by Crippen LogP contribution is 2.77. The molecule has 14 rings (SSSR count). The summed E-state index contributed by atoms with van der Waals surface area (Å²) in [6, 6.07) is 78.6. The maximum Gasteiger partial charge on any atom is 0.0505 e. The van der Waals surface area contributed by atoms with Gasteiger partial charge in [-0.2, -0.15) is 0 Å². The molecule has 6 aliphatic rings. The maximum absolute atomic E-state index is 2.63. The van der Waals surface area contributed by atoms with Gasteiger partial charge in [0.1, 0.15) is 0 Å². The lowest BCUT2D eigenvalue weighted by Crippen LogP contribution is -2.60. The second-order valence-electron chi connectivity index (χ2n) is 20.4. The molecular formula is C63H53N. The van der Waals surface area contributed by atoms with Gasteiger partial charge in [0.05, 0.1) is 5.69 Å². The van der Waals surface area contributed by atoms with Crippen LogP contribution in [0.5, 0.6) is 0 Å². The zero-order valence-corrected chi connectivity index (χ0v) is 36.5. The Morgan fingerprint density at radius 2 is 0.719 bits per heavy atom. The van der Waals surface area contributed by atoms with Crippen molar-refractivity contribution in [2.45, 2.75) is 85.4 Å². The highest BCUT2D eigenvalue weighted by atomic mass is 15.1. The predicted molar refractivity (Wildman–Crippen MR) is 264 cm³/mol. The van der Waals surface area contributed by atoms with Crippen LogP contribution in [0.25, 0.3) is 33.4 Å². The Bertz CT molecular complexity index is 3050. The molecule has 0 heterocycles. The summed E-state index contributed by atoms with van der Waals surface area (Å²) in [5.41, 5.74) is 21.7. The summed E-state index contributed by atoms with van der Waals surface area (Å²) < 4.78 is 0. The van der Waals surface area contributed by atoms with Crippen molar-refractivity contribution in [2.24, 2.45) is 5.92 Å². The minimum Gasteiger partial charge on any atom is -0.310 e. The zero-order chi connectivity index (χ0) is 42.0. The highest BCUT2D eigenvalue weighted by Gasteiger charge is 2.70. The van der Waals surface area contributed by atoms with Crippen molar-refractivity contribution in [1.29, 1.82) is 0 Å². The van der Waals surface area contributed by atoms with E-state index in [1.807, 2.05) is 0 Å². The molecule has 1 heteroatoms. The molecule has 310 valence electrons. The van der Waals surface area contributed by atoms with Gasteiger partial charge >= 0.3 is 0 Å². The van der Waals surface area contributed by atoms with E-state index in [0.29, 0.717) is 23.7 Å². The maximum atomic E-state index is 2.63. The molecule has 8 aromatic rings. The van der Waals surface area contributed by atoms with Gasteiger partial charge in [0.2, 0.25) is 0 Å². The fourth-order valence-electron chi connectivity index (χ4n) is 16.1. The molecule has 3 fully saturated rings. The van der Waals surface area contributed by atoms with Crippen LogP contribution in [0.4, 0.5) is 17.1 Å². The number of nitrogens with zero attached hydrogens (tertiary/aromatic N) is 1. The van der Waals surface area contributed by atoms with Crippen LogP contribution in [0, 0.1) is 5.92 Å². The number of anilines is 3. The first-order valence-electron chi connectivity index (χ1n) is 24.2. The summed E-state index contributed by atoms with van der Waals surface area (Å²) in [4.78, 5) is 2.63. The number of hydrogen-bond acceptors (Lipinski definition) is 1. The molecule has 7 atom stereocenters. The van der Waals surface area contributed by atoms with E-state index >= 15 is 0 Å². The van der Waals surface area contributed by atoms with Gasteiger partial charge in [0.25, 0.3) is 0 Å². The molecule has 1 nitrogen and oxygen atoms in total. The van der Waals surface area contributed by atoms with Crippen LogP contribution >= 0.6 is 0 Å². The average Bonchev–Trinajstić information content (AvgIpc) is 3.69. The van der Waals surface area contributed by atoms with Crippen molar-refractivity contribution in [3.8, 4) is 33.4 Å². The number of hydrogen-bond donors (Lipinski definition) is 0. The van der Waals surface area contributed by atoms with E-state index < -0.39 is 0 Å². The summed E-state index contributed by atoms with van der Waals surface area (Å²) in [7, 11) is 0. The van der Waals surface area contributed by atoms with Crippen molar-refractivity contribution < 1.29 is 0 Å². The molecule has 0 amide bonds. The Labute approximate surface area is 378 Å². The lowest BCUT2D eigenvalue weighted by molar-refractivity contribution is 0.00220. The van der Waals surface area contributed by atoms with Crippen LogP contribution in [-0.2, 0) is 16.2 Å². The fraction of sp³-hybridized carbons (Fsp3) is 0.238. The van der Waals surface area contributed by atoms with E-state index in [9.17, 15) is 0 Å². The molecule has 3 saturated carbocycles. The largest absolute Gasteiger partial charge is 0.310 e. The molecule has 6 aliphatic carbocycles. The number of para-hydroxylation sites is 2. The van der Waals surface area contributed by atoms with Crippen LogP contribution in [0.15, 0.2) is 200 Å². The lowest BCUT2D eigenvalue weighted by Gasteiger charge is -2.63. The highest BCUT2D eigenvalue weighted by molar-refractivity contribution is 5.88. The van der Waals surface area contributed by atoms with E-state index in [-0.39, 0.29) is 16.2 Å². The Morgan fingerprint density at radius 1 is 0.328 bits per heavy atom. The monoisotopic (exact) mass is 823 g/mol. The first-order chi connectivity index (χ1) is 31.7. The Kier molecular flexibility index (Phi) is 7.96. The molecule has 6 bridgehead atoms. The molecule has 64 heavy (non-hydrogen) atoms. The summed E-state index contributed by atoms with van der Waals surface area (Å²) >= 11 is 0. The Balaban J connectivity index is 1.18. The van der Waals surface area contributed by atoms with Crippen molar-refractivity contribution in [3.63, 3.8) is 0 Å². The molecule has 0 radical (unpaired) electrons. The van der Waals surface area contributed by atoms with E-state index in [1.54, 1.807) is 33.4 Å². The van der Waals surface area contributed by atoms with Gasteiger partial charge in [0.15, 0.2) is 0 Å². The van der Waals surface area contributed by atoms with Crippen molar-refractivity contribution in [2.75, 3.05) is 4.90 Å². The van der Waals surface area contributed by atoms with Gasteiger partial charge < -0.3 is 4.90 Å². The average molecular weight is 824 g/mol. The first kappa shape index (κ1) is 37.0. The molecule has 7 unspecified atom stereocenters. The van der Waals surface area contributed by atoms with Gasteiger partial charge in [-0.15, -0.1) is 0 Å². The number of fused-ring (bicyclic) bond motifs is 16. The SMILES string of the molecule is c1ccc(N(c2ccccc2)c2cccc3c2C24CCC5CC6(CC7CC(CC(CC2)c2ccccc2-3)(c2ccccc2-c2ccccc27)C64)c2ccccc2-c2ccccc25)cc1. The molecule has 0 saturated heterocycles. The zero-order valence-electron chi connectivity index (χ0n) is 36.5. The van der Waals surface area contributed by atoms with E-state index in [2.05, 4.69) is 205 Å². The Morgan fingerprint density at radius 3 is 1.23 bits per heavy atom. The topological polar surface area (TPSA) is 3.24 Å². The second-order valence-corrected chi connectivity index (χ2v) is 20.4. The van der Waals surface area contributed by atoms with Gasteiger partial charge in [0, 0.05) is 27.6 Å². The summed E-state index contributed by atoms with van der Waals surface area (Å²) in [5, 5.41) is 0. The van der Waals surface area contributed by atoms with Crippen LogP contribution in [0.2, 0.25) is 0 Å².